The summed E-state index contributed by atoms with van der Waals surface area (Å²) < 4.78 is 1.82. The van der Waals surface area contributed by atoms with Gasteiger partial charge in [-0.15, -0.1) is 0 Å². The molecule has 0 aliphatic rings. The van der Waals surface area contributed by atoms with Crippen LogP contribution in [0.4, 0.5) is 5.69 Å². The summed E-state index contributed by atoms with van der Waals surface area (Å²) in [5.74, 6) is 0. The molecule has 4 aromatic rings. The van der Waals surface area contributed by atoms with E-state index >= 15 is 0 Å². The second kappa shape index (κ2) is 10.6. The molecule has 0 fully saturated rings. The van der Waals surface area contributed by atoms with Crippen LogP contribution in [0.3, 0.4) is 0 Å². The molecule has 4 rings (SSSR count). The van der Waals surface area contributed by atoms with Gasteiger partial charge in [0.05, 0.1) is 18.4 Å². The van der Waals surface area contributed by atoms with E-state index in [1.807, 2.05) is 59.4 Å². The first-order valence-electron chi connectivity index (χ1n) is 10.2. The lowest BCUT2D eigenvalue weighted by Crippen LogP contribution is -2.33. The Morgan fingerprint density at radius 1 is 0.906 bits per heavy atom. The molecule has 0 spiro atoms. The van der Waals surface area contributed by atoms with Crippen LogP contribution in [0.2, 0.25) is 10.0 Å². The zero-order valence-electron chi connectivity index (χ0n) is 17.3. The van der Waals surface area contributed by atoms with Crippen molar-refractivity contribution in [1.82, 2.24) is 14.7 Å². The van der Waals surface area contributed by atoms with Crippen LogP contribution >= 0.6 is 35.4 Å². The maximum Gasteiger partial charge on any atom is 0.174 e. The zero-order valence-corrected chi connectivity index (χ0v) is 19.6. The number of thiocarbonyl (C=S) groups is 1. The molecule has 0 unspecified atom stereocenters. The summed E-state index contributed by atoms with van der Waals surface area (Å²) in [6.07, 6.45) is 3.68. The van der Waals surface area contributed by atoms with E-state index in [0.717, 1.165) is 11.3 Å². The van der Waals surface area contributed by atoms with Crippen molar-refractivity contribution in [2.45, 2.75) is 19.6 Å². The summed E-state index contributed by atoms with van der Waals surface area (Å²) in [6, 6.07) is 26.1. The Kier molecular flexibility index (Phi) is 7.43. The van der Waals surface area contributed by atoms with Gasteiger partial charge in [0.1, 0.15) is 0 Å². The lowest BCUT2D eigenvalue weighted by Gasteiger charge is -2.26. The number of benzene rings is 3. The average Bonchev–Trinajstić information content (AvgIpc) is 3.23. The van der Waals surface area contributed by atoms with Crippen LogP contribution in [0.15, 0.2) is 91.3 Å². The Hall–Kier alpha value is -2.86. The fourth-order valence-electron chi connectivity index (χ4n) is 3.35. The first-order chi connectivity index (χ1) is 15.6. The number of rotatable bonds is 7. The topological polar surface area (TPSA) is 33.1 Å². The van der Waals surface area contributed by atoms with Gasteiger partial charge in [0, 0.05) is 29.3 Å². The highest BCUT2D eigenvalue weighted by Gasteiger charge is 2.13. The summed E-state index contributed by atoms with van der Waals surface area (Å²) >= 11 is 18.1. The second-order valence-corrected chi connectivity index (χ2v) is 8.65. The van der Waals surface area contributed by atoms with Crippen LogP contribution in [0.1, 0.15) is 16.7 Å². The van der Waals surface area contributed by atoms with Crippen molar-refractivity contribution in [2.24, 2.45) is 0 Å². The molecule has 1 N–H and O–H groups in total. The number of hydrogen-bond donors (Lipinski definition) is 1. The summed E-state index contributed by atoms with van der Waals surface area (Å²) in [6.45, 7) is 1.95. The third kappa shape index (κ3) is 6.10. The van der Waals surface area contributed by atoms with Gasteiger partial charge in [-0.3, -0.25) is 4.68 Å². The molecule has 0 saturated heterocycles. The van der Waals surface area contributed by atoms with Gasteiger partial charge in [-0.05, 0) is 41.0 Å². The van der Waals surface area contributed by atoms with E-state index in [0.29, 0.717) is 34.8 Å². The SMILES string of the molecule is S=C(Nc1cnn(Cc2ccc(Cl)cc2Cl)c1)N(Cc1ccccc1)Cc1ccccc1. The maximum absolute atomic E-state index is 6.30. The highest BCUT2D eigenvalue weighted by Crippen LogP contribution is 2.22. The first kappa shape index (κ1) is 22.3. The molecule has 7 heteroatoms. The average molecular weight is 481 g/mol. The highest BCUT2D eigenvalue weighted by atomic mass is 35.5. The van der Waals surface area contributed by atoms with Crippen molar-refractivity contribution in [1.29, 1.82) is 0 Å². The van der Waals surface area contributed by atoms with E-state index in [9.17, 15) is 0 Å². The molecule has 0 aliphatic heterocycles. The summed E-state index contributed by atoms with van der Waals surface area (Å²) in [4.78, 5) is 2.15. The molecule has 0 amide bonds. The van der Waals surface area contributed by atoms with E-state index in [4.69, 9.17) is 35.4 Å². The molecule has 0 radical (unpaired) electrons. The molecule has 32 heavy (non-hydrogen) atoms. The minimum atomic E-state index is 0.544. The molecule has 4 nitrogen and oxygen atoms in total. The quantitative estimate of drug-likeness (QED) is 0.300. The van der Waals surface area contributed by atoms with Crippen LogP contribution < -0.4 is 5.32 Å². The Bertz CT molecular complexity index is 1140. The molecule has 1 aromatic heterocycles. The summed E-state index contributed by atoms with van der Waals surface area (Å²) in [5, 5.41) is 9.65. The molecule has 162 valence electrons. The number of halogens is 2. The second-order valence-electron chi connectivity index (χ2n) is 7.42. The molecule has 0 atom stereocenters. The monoisotopic (exact) mass is 480 g/mol. The van der Waals surface area contributed by atoms with Gasteiger partial charge in [0.25, 0.3) is 0 Å². The molecule has 0 bridgehead atoms. The molecule has 0 saturated carbocycles. The van der Waals surface area contributed by atoms with Crippen molar-refractivity contribution >= 4 is 46.2 Å². The molecule has 0 aliphatic carbocycles. The number of hydrogen-bond acceptors (Lipinski definition) is 2. The minimum absolute atomic E-state index is 0.544. The van der Waals surface area contributed by atoms with E-state index < -0.39 is 0 Å². The summed E-state index contributed by atoms with van der Waals surface area (Å²) in [5.41, 5.74) is 4.16. The predicted molar refractivity (Wildman–Crippen MR) is 136 cm³/mol. The van der Waals surface area contributed by atoms with E-state index in [-0.39, 0.29) is 0 Å². The van der Waals surface area contributed by atoms with Crippen molar-refractivity contribution in [2.75, 3.05) is 5.32 Å². The standard InChI is InChI=1S/C25H22Cl2N4S/c26-22-12-11-21(24(27)13-22)17-31-18-23(14-28-31)29-25(32)30(15-19-7-3-1-4-8-19)16-20-9-5-2-6-10-20/h1-14,18H,15-17H2,(H,29,32). The van der Waals surface area contributed by atoms with Gasteiger partial charge in [-0.1, -0.05) is 89.9 Å². The molecule has 3 aromatic carbocycles. The first-order valence-corrected chi connectivity index (χ1v) is 11.3. The van der Waals surface area contributed by atoms with Gasteiger partial charge in [-0.2, -0.15) is 5.10 Å². The lowest BCUT2D eigenvalue weighted by molar-refractivity contribution is 0.413. The van der Waals surface area contributed by atoms with Gasteiger partial charge in [0.15, 0.2) is 5.11 Å². The third-order valence-electron chi connectivity index (χ3n) is 4.95. The lowest BCUT2D eigenvalue weighted by atomic mass is 10.2. The van der Waals surface area contributed by atoms with Crippen molar-refractivity contribution < 1.29 is 0 Å². The van der Waals surface area contributed by atoms with Crippen molar-refractivity contribution in [3.8, 4) is 0 Å². The zero-order chi connectivity index (χ0) is 22.3. The molecule has 1 heterocycles. The van der Waals surface area contributed by atoms with Gasteiger partial charge < -0.3 is 10.2 Å². The van der Waals surface area contributed by atoms with Crippen molar-refractivity contribution in [3.05, 3.63) is 118 Å². The number of aromatic nitrogens is 2. The molecular weight excluding hydrogens is 459 g/mol. The van der Waals surface area contributed by atoms with E-state index in [2.05, 4.69) is 39.6 Å². The van der Waals surface area contributed by atoms with E-state index in [1.54, 1.807) is 12.3 Å². The maximum atomic E-state index is 6.30. The molecular formula is C25H22Cl2N4S. The van der Waals surface area contributed by atoms with Gasteiger partial charge in [-0.25, -0.2) is 0 Å². The third-order valence-corrected chi connectivity index (χ3v) is 5.90. The fourth-order valence-corrected chi connectivity index (χ4v) is 4.06. The Balaban J connectivity index is 1.46. The van der Waals surface area contributed by atoms with Gasteiger partial charge >= 0.3 is 0 Å². The van der Waals surface area contributed by atoms with E-state index in [1.165, 1.54) is 11.1 Å². The van der Waals surface area contributed by atoms with Crippen LogP contribution in [-0.2, 0) is 19.6 Å². The summed E-state index contributed by atoms with van der Waals surface area (Å²) in [7, 11) is 0. The number of nitrogens with one attached hydrogen (secondary N) is 1. The Morgan fingerprint density at radius 2 is 1.53 bits per heavy atom. The van der Waals surface area contributed by atoms with Crippen LogP contribution in [0.5, 0.6) is 0 Å². The van der Waals surface area contributed by atoms with Crippen LogP contribution in [0, 0.1) is 0 Å². The fraction of sp³-hybridized carbons (Fsp3) is 0.120. The highest BCUT2D eigenvalue weighted by molar-refractivity contribution is 7.80. The smallest absolute Gasteiger partial charge is 0.174 e. The normalized spacial score (nSPS) is 10.7. The minimum Gasteiger partial charge on any atom is -0.340 e. The van der Waals surface area contributed by atoms with Crippen LogP contribution in [-0.4, -0.2) is 19.8 Å². The number of nitrogens with zero attached hydrogens (tertiary/aromatic N) is 3. The van der Waals surface area contributed by atoms with Crippen LogP contribution in [0.25, 0.3) is 0 Å². The Morgan fingerprint density at radius 3 is 2.12 bits per heavy atom. The van der Waals surface area contributed by atoms with Crippen molar-refractivity contribution in [3.63, 3.8) is 0 Å². The van der Waals surface area contributed by atoms with Gasteiger partial charge in [0.2, 0.25) is 0 Å². The largest absolute Gasteiger partial charge is 0.340 e. The predicted octanol–water partition coefficient (Wildman–Crippen LogP) is 6.64. The Labute approximate surface area is 203 Å². The number of anilines is 1.